The first-order valence-corrected chi connectivity index (χ1v) is 9.73. The first-order valence-electron chi connectivity index (χ1n) is 9.73. The van der Waals surface area contributed by atoms with Gasteiger partial charge < -0.3 is 15.0 Å². The first-order chi connectivity index (χ1) is 14.0. The molecule has 1 fully saturated rings. The van der Waals surface area contributed by atoms with Crippen molar-refractivity contribution in [1.29, 1.82) is 5.26 Å². The summed E-state index contributed by atoms with van der Waals surface area (Å²) in [4.78, 5) is 14.5. The maximum atomic E-state index is 14.6. The maximum Gasteiger partial charge on any atom is 0.266 e. The fourth-order valence-electron chi connectivity index (χ4n) is 3.34. The van der Waals surface area contributed by atoms with Gasteiger partial charge in [0.05, 0.1) is 12.3 Å². The van der Waals surface area contributed by atoms with E-state index in [-0.39, 0.29) is 11.4 Å². The number of amides is 1. The van der Waals surface area contributed by atoms with Crippen LogP contribution in [0.3, 0.4) is 0 Å². The van der Waals surface area contributed by atoms with Crippen molar-refractivity contribution in [2.45, 2.75) is 26.7 Å². The van der Waals surface area contributed by atoms with E-state index >= 15 is 0 Å². The third-order valence-corrected chi connectivity index (χ3v) is 4.87. The van der Waals surface area contributed by atoms with Crippen LogP contribution in [-0.4, -0.2) is 25.6 Å². The Kier molecular flexibility index (Phi) is 6.50. The van der Waals surface area contributed by atoms with E-state index in [9.17, 15) is 14.4 Å². The van der Waals surface area contributed by atoms with Crippen molar-refractivity contribution in [3.63, 3.8) is 0 Å². The lowest BCUT2D eigenvalue weighted by molar-refractivity contribution is -0.112. The molecule has 0 atom stereocenters. The molecule has 0 bridgehead atoms. The smallest absolute Gasteiger partial charge is 0.266 e. The largest absolute Gasteiger partial charge is 0.494 e. The number of ether oxygens (including phenoxy) is 1. The van der Waals surface area contributed by atoms with Gasteiger partial charge in [0.15, 0.2) is 0 Å². The molecule has 6 heteroatoms. The van der Waals surface area contributed by atoms with Gasteiger partial charge in [-0.3, -0.25) is 4.79 Å². The Balaban J connectivity index is 1.79. The monoisotopic (exact) mass is 393 g/mol. The number of nitriles is 1. The first kappa shape index (κ1) is 20.4. The van der Waals surface area contributed by atoms with Crippen molar-refractivity contribution in [3.8, 4) is 11.8 Å². The average molecular weight is 393 g/mol. The highest BCUT2D eigenvalue weighted by atomic mass is 19.1. The molecule has 5 nitrogen and oxygen atoms in total. The Morgan fingerprint density at radius 1 is 1.28 bits per heavy atom. The number of hydrogen-bond acceptors (Lipinski definition) is 4. The van der Waals surface area contributed by atoms with E-state index in [2.05, 4.69) is 5.32 Å². The normalized spacial score (nSPS) is 13.9. The lowest BCUT2D eigenvalue weighted by atomic mass is 10.0. The molecule has 3 rings (SSSR count). The van der Waals surface area contributed by atoms with Gasteiger partial charge in [0.1, 0.15) is 23.2 Å². The molecule has 0 spiro atoms. The molecular weight excluding hydrogens is 369 g/mol. The van der Waals surface area contributed by atoms with Crippen molar-refractivity contribution in [1.82, 2.24) is 0 Å². The number of rotatable bonds is 6. The van der Waals surface area contributed by atoms with E-state index in [4.69, 9.17) is 4.74 Å². The maximum absolute atomic E-state index is 14.6. The number of anilines is 2. The Bertz CT molecular complexity index is 955. The van der Waals surface area contributed by atoms with Crippen molar-refractivity contribution >= 4 is 23.4 Å². The van der Waals surface area contributed by atoms with Crippen LogP contribution >= 0.6 is 0 Å². The number of carbonyl (C=O) groups is 1. The summed E-state index contributed by atoms with van der Waals surface area (Å²) in [6, 6.07) is 12.0. The van der Waals surface area contributed by atoms with E-state index in [1.165, 1.54) is 12.1 Å². The van der Waals surface area contributed by atoms with Crippen molar-refractivity contribution in [3.05, 3.63) is 58.9 Å². The van der Waals surface area contributed by atoms with Crippen LogP contribution in [0.25, 0.3) is 6.08 Å². The van der Waals surface area contributed by atoms with Crippen LogP contribution in [0.2, 0.25) is 0 Å². The number of nitrogens with one attached hydrogen (secondary N) is 1. The van der Waals surface area contributed by atoms with Gasteiger partial charge in [0.25, 0.3) is 5.91 Å². The van der Waals surface area contributed by atoms with E-state index in [1.807, 2.05) is 24.8 Å². The second-order valence-electron chi connectivity index (χ2n) is 6.94. The summed E-state index contributed by atoms with van der Waals surface area (Å²) < 4.78 is 20.0. The Hall–Kier alpha value is -3.33. The van der Waals surface area contributed by atoms with Crippen molar-refractivity contribution < 1.29 is 13.9 Å². The standard InChI is InChI=1S/C23H24FN3O2/c1-3-29-20-8-6-19(7-9-20)26-23(28)18(15-25)13-17-14-21(24)22(12-16(17)2)27-10-4-5-11-27/h6-9,12-14H,3-5,10-11H2,1-2H3,(H,26,28)/b18-13-. The zero-order valence-corrected chi connectivity index (χ0v) is 16.7. The number of halogens is 1. The van der Waals surface area contributed by atoms with Gasteiger partial charge in [-0.25, -0.2) is 4.39 Å². The van der Waals surface area contributed by atoms with Gasteiger partial charge in [0.2, 0.25) is 0 Å². The summed E-state index contributed by atoms with van der Waals surface area (Å²) in [5, 5.41) is 12.1. The highest BCUT2D eigenvalue weighted by Crippen LogP contribution is 2.28. The highest BCUT2D eigenvalue weighted by Gasteiger charge is 2.18. The summed E-state index contributed by atoms with van der Waals surface area (Å²) >= 11 is 0. The Morgan fingerprint density at radius 2 is 1.97 bits per heavy atom. The summed E-state index contributed by atoms with van der Waals surface area (Å²) in [6.45, 7) is 5.99. The van der Waals surface area contributed by atoms with Crippen molar-refractivity contribution in [2.24, 2.45) is 0 Å². The van der Waals surface area contributed by atoms with E-state index < -0.39 is 5.91 Å². The van der Waals surface area contributed by atoms with Crippen LogP contribution in [0.1, 0.15) is 30.9 Å². The molecule has 150 valence electrons. The second-order valence-corrected chi connectivity index (χ2v) is 6.94. The fraction of sp³-hybridized carbons (Fsp3) is 0.304. The second kappa shape index (κ2) is 9.24. The van der Waals surface area contributed by atoms with Gasteiger partial charge in [-0.1, -0.05) is 0 Å². The molecule has 1 saturated heterocycles. The minimum absolute atomic E-state index is 0.0877. The molecule has 1 heterocycles. The molecule has 2 aromatic rings. The quantitative estimate of drug-likeness (QED) is 0.572. The van der Waals surface area contributed by atoms with Gasteiger partial charge in [0, 0.05) is 18.8 Å². The summed E-state index contributed by atoms with van der Waals surface area (Å²) in [6.07, 6.45) is 3.55. The third kappa shape index (κ3) is 4.94. The minimum Gasteiger partial charge on any atom is -0.494 e. The van der Waals surface area contributed by atoms with Gasteiger partial charge in [-0.15, -0.1) is 0 Å². The van der Waals surface area contributed by atoms with Crippen LogP contribution in [0.4, 0.5) is 15.8 Å². The molecule has 29 heavy (non-hydrogen) atoms. The van der Waals surface area contributed by atoms with Gasteiger partial charge >= 0.3 is 0 Å². The molecule has 0 aliphatic carbocycles. The van der Waals surface area contributed by atoms with E-state index in [1.54, 1.807) is 30.3 Å². The van der Waals surface area contributed by atoms with E-state index in [0.717, 1.165) is 31.5 Å². The molecule has 1 aliphatic rings. The van der Waals surface area contributed by atoms with Gasteiger partial charge in [-0.2, -0.15) is 5.26 Å². The lowest BCUT2D eigenvalue weighted by Crippen LogP contribution is -2.19. The number of nitrogens with zero attached hydrogens (tertiary/aromatic N) is 2. The summed E-state index contributed by atoms with van der Waals surface area (Å²) in [5.74, 6) is -0.182. The van der Waals surface area contributed by atoms with Crippen molar-refractivity contribution in [2.75, 3.05) is 29.9 Å². The highest BCUT2D eigenvalue weighted by molar-refractivity contribution is 6.09. The number of aryl methyl sites for hydroxylation is 1. The predicted octanol–water partition coefficient (Wildman–Crippen LogP) is 4.68. The van der Waals surface area contributed by atoms with E-state index in [0.29, 0.717) is 29.3 Å². The average Bonchev–Trinajstić information content (AvgIpc) is 3.24. The van der Waals surface area contributed by atoms with Crippen LogP contribution < -0.4 is 15.0 Å². The molecule has 0 radical (unpaired) electrons. The van der Waals surface area contributed by atoms with Crippen LogP contribution in [0.5, 0.6) is 5.75 Å². The Morgan fingerprint density at radius 3 is 2.59 bits per heavy atom. The number of hydrogen-bond donors (Lipinski definition) is 1. The number of benzene rings is 2. The fourth-order valence-corrected chi connectivity index (χ4v) is 3.34. The minimum atomic E-state index is -0.542. The topological polar surface area (TPSA) is 65.4 Å². The molecule has 0 aromatic heterocycles. The third-order valence-electron chi connectivity index (χ3n) is 4.87. The molecular formula is C23H24FN3O2. The SMILES string of the molecule is CCOc1ccc(NC(=O)/C(C#N)=C\c2cc(F)c(N3CCCC3)cc2C)cc1. The predicted molar refractivity (Wildman–Crippen MR) is 112 cm³/mol. The zero-order chi connectivity index (χ0) is 20.8. The summed E-state index contributed by atoms with van der Waals surface area (Å²) in [5.41, 5.74) is 2.37. The van der Waals surface area contributed by atoms with Crippen LogP contribution in [0, 0.1) is 24.1 Å². The van der Waals surface area contributed by atoms with Crippen LogP contribution in [0.15, 0.2) is 42.0 Å². The number of carbonyl (C=O) groups excluding carboxylic acids is 1. The molecule has 0 unspecified atom stereocenters. The molecule has 1 aliphatic heterocycles. The van der Waals surface area contributed by atoms with Gasteiger partial charge in [-0.05, 0) is 80.3 Å². The van der Waals surface area contributed by atoms with Crippen LogP contribution in [-0.2, 0) is 4.79 Å². The molecule has 1 amide bonds. The summed E-state index contributed by atoms with van der Waals surface area (Å²) in [7, 11) is 0. The zero-order valence-electron chi connectivity index (χ0n) is 16.7. The molecule has 0 saturated carbocycles. The molecule has 2 aromatic carbocycles. The Labute approximate surface area is 170 Å². The lowest BCUT2D eigenvalue weighted by Gasteiger charge is -2.19. The molecule has 1 N–H and O–H groups in total.